The fourth-order valence-corrected chi connectivity index (χ4v) is 3.00. The number of piperidine rings is 1. The van der Waals surface area contributed by atoms with Crippen LogP contribution in [-0.4, -0.2) is 44.5 Å². The van der Waals surface area contributed by atoms with E-state index in [0.717, 1.165) is 29.3 Å². The summed E-state index contributed by atoms with van der Waals surface area (Å²) in [5.74, 6) is 0.385. The van der Waals surface area contributed by atoms with Gasteiger partial charge in [-0.2, -0.15) is 0 Å². The molecule has 2 heterocycles. The number of H-pyrrole nitrogens is 1. The normalized spacial score (nSPS) is 16.8. The lowest BCUT2D eigenvalue weighted by Gasteiger charge is -2.31. The van der Waals surface area contributed by atoms with Crippen molar-refractivity contribution in [1.82, 2.24) is 15.1 Å². The van der Waals surface area contributed by atoms with Crippen LogP contribution in [0.2, 0.25) is 0 Å². The van der Waals surface area contributed by atoms with Crippen molar-refractivity contribution in [3.05, 3.63) is 23.3 Å². The van der Waals surface area contributed by atoms with Crippen LogP contribution in [-0.2, 0) is 0 Å². The number of aromatic amines is 1. The topological polar surface area (TPSA) is 89.5 Å². The van der Waals surface area contributed by atoms with Gasteiger partial charge in [-0.05, 0) is 48.9 Å². The largest absolute Gasteiger partial charge is 0.492 e. The predicted octanol–water partition coefficient (Wildman–Crippen LogP) is 2.43. The maximum absolute atomic E-state index is 10.9. The number of benzene rings is 1. The lowest BCUT2D eigenvalue weighted by Crippen LogP contribution is -2.36. The highest BCUT2D eigenvalue weighted by Crippen LogP contribution is 2.34. The van der Waals surface area contributed by atoms with Gasteiger partial charge in [-0.15, -0.1) is 5.10 Å². The monoisotopic (exact) mass is 275 g/mol. The number of nitrogens with zero attached hydrogens (tertiary/aromatic N) is 2. The van der Waals surface area contributed by atoms with Crippen LogP contribution in [0.3, 0.4) is 0 Å². The van der Waals surface area contributed by atoms with E-state index in [1.807, 2.05) is 19.1 Å². The van der Waals surface area contributed by atoms with Crippen LogP contribution < -0.4 is 0 Å². The first-order valence-electron chi connectivity index (χ1n) is 6.71. The quantitative estimate of drug-likeness (QED) is 0.745. The number of fused-ring (bicyclic) bond motifs is 1. The lowest BCUT2D eigenvalue weighted by atomic mass is 9.86. The first-order chi connectivity index (χ1) is 9.56. The standard InChI is InChI=1S/C14H17N3O3/c1-8-6-11-12(15-16-13(11)18)7-10(8)9-2-4-17(5-3-9)14(19)20/h6-7,9H,2-5H2,1H3,(H,19,20)(H2,15,16,18). The van der Waals surface area contributed by atoms with Gasteiger partial charge in [0.2, 0.25) is 5.88 Å². The van der Waals surface area contributed by atoms with E-state index >= 15 is 0 Å². The minimum atomic E-state index is -0.839. The molecule has 0 unspecified atom stereocenters. The van der Waals surface area contributed by atoms with Crippen molar-refractivity contribution in [2.24, 2.45) is 0 Å². The third-order valence-electron chi connectivity index (χ3n) is 4.13. The van der Waals surface area contributed by atoms with Gasteiger partial charge in [0.15, 0.2) is 0 Å². The molecule has 0 radical (unpaired) electrons. The summed E-state index contributed by atoms with van der Waals surface area (Å²) in [4.78, 5) is 12.4. The van der Waals surface area contributed by atoms with E-state index < -0.39 is 6.09 Å². The molecule has 1 saturated heterocycles. The predicted molar refractivity (Wildman–Crippen MR) is 74.1 cm³/mol. The number of amides is 1. The first-order valence-corrected chi connectivity index (χ1v) is 6.71. The van der Waals surface area contributed by atoms with Crippen molar-refractivity contribution >= 4 is 17.0 Å². The number of likely N-dealkylation sites (tertiary alicyclic amines) is 1. The van der Waals surface area contributed by atoms with Crippen molar-refractivity contribution in [3.63, 3.8) is 0 Å². The van der Waals surface area contributed by atoms with E-state index in [0.29, 0.717) is 19.0 Å². The van der Waals surface area contributed by atoms with Crippen LogP contribution in [0.15, 0.2) is 12.1 Å². The summed E-state index contributed by atoms with van der Waals surface area (Å²) in [6.07, 6.45) is 0.825. The number of carboxylic acid groups (broad SMARTS) is 1. The second-order valence-electron chi connectivity index (χ2n) is 5.35. The van der Waals surface area contributed by atoms with E-state index in [4.69, 9.17) is 5.11 Å². The zero-order chi connectivity index (χ0) is 14.3. The van der Waals surface area contributed by atoms with Crippen molar-refractivity contribution < 1.29 is 15.0 Å². The summed E-state index contributed by atoms with van der Waals surface area (Å²) in [7, 11) is 0. The summed E-state index contributed by atoms with van der Waals surface area (Å²) >= 11 is 0. The van der Waals surface area contributed by atoms with Gasteiger partial charge in [0.25, 0.3) is 0 Å². The number of aromatic hydroxyl groups is 1. The Morgan fingerprint density at radius 3 is 2.75 bits per heavy atom. The second kappa shape index (κ2) is 4.70. The van der Waals surface area contributed by atoms with Crippen molar-refractivity contribution in [2.45, 2.75) is 25.7 Å². The molecule has 1 aliphatic rings. The molecule has 0 atom stereocenters. The molecule has 3 rings (SSSR count). The smallest absolute Gasteiger partial charge is 0.407 e. The molecule has 0 saturated carbocycles. The van der Waals surface area contributed by atoms with Crippen molar-refractivity contribution in [2.75, 3.05) is 13.1 Å². The van der Waals surface area contributed by atoms with Gasteiger partial charge in [0.05, 0.1) is 10.9 Å². The summed E-state index contributed by atoms with van der Waals surface area (Å²) in [6.45, 7) is 3.17. The zero-order valence-corrected chi connectivity index (χ0v) is 11.3. The van der Waals surface area contributed by atoms with Crippen LogP contribution in [0, 0.1) is 6.92 Å². The molecular formula is C14H17N3O3. The molecular weight excluding hydrogens is 258 g/mol. The molecule has 1 aromatic heterocycles. The third-order valence-corrected chi connectivity index (χ3v) is 4.13. The van der Waals surface area contributed by atoms with Gasteiger partial charge in [0.1, 0.15) is 0 Å². The summed E-state index contributed by atoms with van der Waals surface area (Å²) in [6, 6.07) is 3.96. The molecule has 0 aliphatic carbocycles. The molecule has 2 aromatic rings. The van der Waals surface area contributed by atoms with E-state index in [-0.39, 0.29) is 5.88 Å². The fraction of sp³-hybridized carbons (Fsp3) is 0.429. The minimum absolute atomic E-state index is 0.0235. The zero-order valence-electron chi connectivity index (χ0n) is 11.3. The van der Waals surface area contributed by atoms with E-state index in [2.05, 4.69) is 10.2 Å². The number of nitrogens with one attached hydrogen (secondary N) is 1. The van der Waals surface area contributed by atoms with E-state index in [1.165, 1.54) is 10.5 Å². The molecule has 1 aromatic carbocycles. The van der Waals surface area contributed by atoms with Crippen LogP contribution in [0.1, 0.15) is 29.9 Å². The molecule has 6 nitrogen and oxygen atoms in total. The minimum Gasteiger partial charge on any atom is -0.492 e. The van der Waals surface area contributed by atoms with Crippen LogP contribution in [0.5, 0.6) is 5.88 Å². The molecule has 0 spiro atoms. The fourth-order valence-electron chi connectivity index (χ4n) is 3.00. The summed E-state index contributed by atoms with van der Waals surface area (Å²) in [5.41, 5.74) is 3.15. The highest BCUT2D eigenvalue weighted by molar-refractivity contribution is 5.85. The first kappa shape index (κ1) is 12.8. The molecule has 0 bridgehead atoms. The molecule has 1 amide bonds. The highest BCUT2D eigenvalue weighted by atomic mass is 16.4. The van der Waals surface area contributed by atoms with Gasteiger partial charge in [-0.1, -0.05) is 0 Å². The summed E-state index contributed by atoms with van der Waals surface area (Å²) < 4.78 is 0. The number of aromatic nitrogens is 2. The Bertz CT molecular complexity index is 657. The van der Waals surface area contributed by atoms with E-state index in [9.17, 15) is 9.90 Å². The van der Waals surface area contributed by atoms with Gasteiger partial charge < -0.3 is 15.1 Å². The van der Waals surface area contributed by atoms with Crippen molar-refractivity contribution in [1.29, 1.82) is 0 Å². The molecule has 6 heteroatoms. The summed E-state index contributed by atoms with van der Waals surface area (Å²) in [5, 5.41) is 25.9. The Morgan fingerprint density at radius 1 is 1.40 bits per heavy atom. The third kappa shape index (κ3) is 2.07. The van der Waals surface area contributed by atoms with Crippen LogP contribution >= 0.6 is 0 Å². The average molecular weight is 275 g/mol. The number of carbonyl (C=O) groups is 1. The van der Waals surface area contributed by atoms with Gasteiger partial charge >= 0.3 is 6.09 Å². The van der Waals surface area contributed by atoms with Gasteiger partial charge in [-0.3, -0.25) is 5.10 Å². The molecule has 106 valence electrons. The maximum Gasteiger partial charge on any atom is 0.407 e. The Balaban J connectivity index is 1.87. The number of hydrogen-bond acceptors (Lipinski definition) is 3. The molecule has 20 heavy (non-hydrogen) atoms. The van der Waals surface area contributed by atoms with Crippen molar-refractivity contribution in [3.8, 4) is 5.88 Å². The molecule has 1 fully saturated rings. The number of aryl methyl sites for hydroxylation is 1. The average Bonchev–Trinajstić information content (AvgIpc) is 2.79. The Morgan fingerprint density at radius 2 is 2.10 bits per heavy atom. The SMILES string of the molecule is Cc1cc2c(O)n[nH]c2cc1C1CCN(C(=O)O)CC1. The lowest BCUT2D eigenvalue weighted by molar-refractivity contribution is 0.132. The van der Waals surface area contributed by atoms with Crippen LogP contribution in [0.25, 0.3) is 10.9 Å². The highest BCUT2D eigenvalue weighted by Gasteiger charge is 2.24. The Kier molecular flexibility index (Phi) is 3.00. The Hall–Kier alpha value is -2.24. The molecule has 1 aliphatic heterocycles. The Labute approximate surface area is 116 Å². The van der Waals surface area contributed by atoms with Crippen LogP contribution in [0.4, 0.5) is 4.79 Å². The van der Waals surface area contributed by atoms with Gasteiger partial charge in [0, 0.05) is 13.1 Å². The van der Waals surface area contributed by atoms with Gasteiger partial charge in [-0.25, -0.2) is 4.79 Å². The maximum atomic E-state index is 10.9. The second-order valence-corrected chi connectivity index (χ2v) is 5.35. The van der Waals surface area contributed by atoms with E-state index in [1.54, 1.807) is 0 Å². The number of hydrogen-bond donors (Lipinski definition) is 3. The molecule has 3 N–H and O–H groups in total. The number of rotatable bonds is 1.